The molecule has 1 amide bonds. The third-order valence-electron chi connectivity index (χ3n) is 4.29. The SMILES string of the molecule is CCOC(=O)C(Cc1ccc([N+](=O)[O-])cc1)NC(=O)CCc1ccc(OC)cc1. The fourth-order valence-corrected chi connectivity index (χ4v) is 2.74. The second-order valence-electron chi connectivity index (χ2n) is 6.35. The van der Waals surface area contributed by atoms with Crippen LogP contribution in [-0.4, -0.2) is 36.6 Å². The molecule has 29 heavy (non-hydrogen) atoms. The Kier molecular flexibility index (Phi) is 8.14. The quantitative estimate of drug-likeness (QED) is 0.373. The predicted octanol–water partition coefficient (Wildman–Crippen LogP) is 2.83. The van der Waals surface area contributed by atoms with Crippen LogP contribution in [0.3, 0.4) is 0 Å². The van der Waals surface area contributed by atoms with Gasteiger partial charge in [0.1, 0.15) is 11.8 Å². The van der Waals surface area contributed by atoms with Crippen molar-refractivity contribution >= 4 is 17.6 Å². The number of nitro benzene ring substituents is 1. The summed E-state index contributed by atoms with van der Waals surface area (Å²) < 4.78 is 10.2. The van der Waals surface area contributed by atoms with E-state index in [4.69, 9.17) is 9.47 Å². The van der Waals surface area contributed by atoms with Crippen molar-refractivity contribution in [3.05, 3.63) is 69.8 Å². The molecule has 0 spiro atoms. The number of nitrogens with one attached hydrogen (secondary N) is 1. The lowest BCUT2D eigenvalue weighted by atomic mass is 10.0. The summed E-state index contributed by atoms with van der Waals surface area (Å²) in [5.41, 5.74) is 1.62. The largest absolute Gasteiger partial charge is 0.497 e. The Labute approximate surface area is 169 Å². The van der Waals surface area contributed by atoms with Crippen molar-refractivity contribution in [1.82, 2.24) is 5.32 Å². The van der Waals surface area contributed by atoms with Crippen LogP contribution in [0.5, 0.6) is 5.75 Å². The number of esters is 1. The van der Waals surface area contributed by atoms with Gasteiger partial charge in [-0.15, -0.1) is 0 Å². The maximum absolute atomic E-state index is 12.4. The molecule has 1 N–H and O–H groups in total. The molecule has 0 aliphatic heterocycles. The van der Waals surface area contributed by atoms with Gasteiger partial charge in [-0.2, -0.15) is 0 Å². The molecule has 2 aromatic carbocycles. The van der Waals surface area contributed by atoms with Crippen LogP contribution < -0.4 is 10.1 Å². The first kappa shape index (κ1) is 21.9. The zero-order valence-corrected chi connectivity index (χ0v) is 16.4. The Morgan fingerprint density at radius 3 is 2.24 bits per heavy atom. The number of aryl methyl sites for hydroxylation is 1. The van der Waals surface area contributed by atoms with Crippen molar-refractivity contribution in [2.24, 2.45) is 0 Å². The molecule has 0 radical (unpaired) electrons. The van der Waals surface area contributed by atoms with E-state index >= 15 is 0 Å². The minimum absolute atomic E-state index is 0.0371. The number of hydrogen-bond acceptors (Lipinski definition) is 6. The van der Waals surface area contributed by atoms with E-state index in [1.165, 1.54) is 12.1 Å². The maximum atomic E-state index is 12.4. The first-order valence-electron chi connectivity index (χ1n) is 9.25. The lowest BCUT2D eigenvalue weighted by Gasteiger charge is -2.17. The summed E-state index contributed by atoms with van der Waals surface area (Å²) in [6.07, 6.45) is 0.913. The molecule has 0 bridgehead atoms. The Morgan fingerprint density at radius 1 is 1.07 bits per heavy atom. The van der Waals surface area contributed by atoms with Crippen molar-refractivity contribution in [3.8, 4) is 5.75 Å². The second kappa shape index (κ2) is 10.8. The highest BCUT2D eigenvalue weighted by Crippen LogP contribution is 2.15. The van der Waals surface area contributed by atoms with Gasteiger partial charge in [0.2, 0.25) is 5.91 Å². The number of amides is 1. The van der Waals surface area contributed by atoms with Gasteiger partial charge in [-0.25, -0.2) is 4.79 Å². The number of methoxy groups -OCH3 is 1. The van der Waals surface area contributed by atoms with Gasteiger partial charge in [0.05, 0.1) is 18.6 Å². The van der Waals surface area contributed by atoms with Crippen LogP contribution in [0.25, 0.3) is 0 Å². The molecule has 0 fully saturated rings. The van der Waals surface area contributed by atoms with E-state index in [-0.39, 0.29) is 31.0 Å². The van der Waals surface area contributed by atoms with Crippen molar-refractivity contribution in [2.45, 2.75) is 32.2 Å². The summed E-state index contributed by atoms with van der Waals surface area (Å²) in [6, 6.07) is 12.4. The van der Waals surface area contributed by atoms with E-state index in [2.05, 4.69) is 5.32 Å². The Bertz CT molecular complexity index is 833. The van der Waals surface area contributed by atoms with Gasteiger partial charge >= 0.3 is 5.97 Å². The molecule has 0 heterocycles. The highest BCUT2D eigenvalue weighted by atomic mass is 16.6. The molecule has 2 rings (SSSR count). The Morgan fingerprint density at radius 2 is 1.69 bits per heavy atom. The molecule has 0 aromatic heterocycles. The Hall–Kier alpha value is -3.42. The number of hydrogen-bond donors (Lipinski definition) is 1. The molecular formula is C21H24N2O6. The van der Waals surface area contributed by atoms with Gasteiger partial charge in [-0.3, -0.25) is 14.9 Å². The van der Waals surface area contributed by atoms with Crippen molar-refractivity contribution in [1.29, 1.82) is 0 Å². The van der Waals surface area contributed by atoms with Crippen LogP contribution in [-0.2, 0) is 27.2 Å². The van der Waals surface area contributed by atoms with Crippen molar-refractivity contribution in [3.63, 3.8) is 0 Å². The molecule has 8 nitrogen and oxygen atoms in total. The number of rotatable bonds is 10. The average molecular weight is 400 g/mol. The summed E-state index contributed by atoms with van der Waals surface area (Å²) >= 11 is 0. The lowest BCUT2D eigenvalue weighted by molar-refractivity contribution is -0.384. The second-order valence-corrected chi connectivity index (χ2v) is 6.35. The smallest absolute Gasteiger partial charge is 0.328 e. The molecule has 1 atom stereocenters. The van der Waals surface area contributed by atoms with E-state index < -0.39 is 16.9 Å². The van der Waals surface area contributed by atoms with Crippen LogP contribution in [0.2, 0.25) is 0 Å². The standard InChI is InChI=1S/C21H24N2O6/c1-3-29-21(25)19(14-16-4-9-17(10-5-16)23(26)27)22-20(24)13-8-15-6-11-18(28-2)12-7-15/h4-7,9-12,19H,3,8,13-14H2,1-2H3,(H,22,24). The maximum Gasteiger partial charge on any atom is 0.328 e. The van der Waals surface area contributed by atoms with Gasteiger partial charge in [-0.05, 0) is 36.6 Å². The van der Waals surface area contributed by atoms with Crippen LogP contribution in [0.1, 0.15) is 24.5 Å². The molecule has 0 saturated carbocycles. The van der Waals surface area contributed by atoms with Crippen molar-refractivity contribution in [2.75, 3.05) is 13.7 Å². The molecule has 154 valence electrons. The zero-order valence-electron chi connectivity index (χ0n) is 16.4. The van der Waals surface area contributed by atoms with Gasteiger partial charge in [0.25, 0.3) is 5.69 Å². The fourth-order valence-electron chi connectivity index (χ4n) is 2.74. The van der Waals surface area contributed by atoms with E-state index in [1.54, 1.807) is 26.2 Å². The van der Waals surface area contributed by atoms with Crippen LogP contribution in [0.4, 0.5) is 5.69 Å². The summed E-state index contributed by atoms with van der Waals surface area (Å²) in [5.74, 6) is -0.0758. The number of benzene rings is 2. The van der Waals surface area contributed by atoms with Gasteiger partial charge in [-0.1, -0.05) is 24.3 Å². The highest BCUT2D eigenvalue weighted by molar-refractivity contribution is 5.84. The highest BCUT2D eigenvalue weighted by Gasteiger charge is 2.22. The van der Waals surface area contributed by atoms with E-state index in [1.807, 2.05) is 24.3 Å². The molecular weight excluding hydrogens is 376 g/mol. The Balaban J connectivity index is 1.98. The number of nitrogens with zero attached hydrogens (tertiary/aromatic N) is 1. The number of non-ortho nitro benzene ring substituents is 1. The van der Waals surface area contributed by atoms with Gasteiger partial charge < -0.3 is 14.8 Å². The van der Waals surface area contributed by atoms with Gasteiger partial charge in [0.15, 0.2) is 0 Å². The third-order valence-corrected chi connectivity index (χ3v) is 4.29. The molecule has 1 unspecified atom stereocenters. The van der Waals surface area contributed by atoms with E-state index in [9.17, 15) is 19.7 Å². The normalized spacial score (nSPS) is 11.4. The van der Waals surface area contributed by atoms with Crippen LogP contribution in [0, 0.1) is 10.1 Å². The monoisotopic (exact) mass is 400 g/mol. The lowest BCUT2D eigenvalue weighted by Crippen LogP contribution is -2.43. The first-order chi connectivity index (χ1) is 13.9. The van der Waals surface area contributed by atoms with E-state index in [0.717, 1.165) is 11.3 Å². The summed E-state index contributed by atoms with van der Waals surface area (Å²) in [4.78, 5) is 34.9. The first-order valence-corrected chi connectivity index (χ1v) is 9.25. The molecule has 0 aliphatic carbocycles. The van der Waals surface area contributed by atoms with Crippen LogP contribution in [0.15, 0.2) is 48.5 Å². The summed E-state index contributed by atoms with van der Waals surface area (Å²) in [7, 11) is 1.59. The third kappa shape index (κ3) is 6.91. The number of nitro groups is 1. The number of carbonyl (C=O) groups excluding carboxylic acids is 2. The molecule has 0 aliphatic rings. The minimum atomic E-state index is -0.861. The minimum Gasteiger partial charge on any atom is -0.497 e. The summed E-state index contributed by atoms with van der Waals surface area (Å²) in [6.45, 7) is 1.88. The van der Waals surface area contributed by atoms with E-state index in [0.29, 0.717) is 12.0 Å². The molecule has 8 heteroatoms. The average Bonchev–Trinajstić information content (AvgIpc) is 2.72. The molecule has 0 saturated heterocycles. The number of carbonyl (C=O) groups is 2. The number of ether oxygens (including phenoxy) is 2. The summed E-state index contributed by atoms with van der Waals surface area (Å²) in [5, 5.41) is 13.5. The fraction of sp³-hybridized carbons (Fsp3) is 0.333. The zero-order chi connectivity index (χ0) is 21.2. The van der Waals surface area contributed by atoms with Crippen LogP contribution >= 0.6 is 0 Å². The topological polar surface area (TPSA) is 108 Å². The van der Waals surface area contributed by atoms with Crippen molar-refractivity contribution < 1.29 is 24.0 Å². The molecule has 2 aromatic rings. The predicted molar refractivity (Wildman–Crippen MR) is 107 cm³/mol. The van der Waals surface area contributed by atoms with Gasteiger partial charge in [0, 0.05) is 25.0 Å².